The van der Waals surface area contributed by atoms with Gasteiger partial charge < -0.3 is 9.64 Å². The van der Waals surface area contributed by atoms with Crippen LogP contribution in [0.5, 0.6) is 0 Å². The van der Waals surface area contributed by atoms with Crippen LogP contribution in [0.1, 0.15) is 18.5 Å². The molecule has 1 aliphatic rings. The Morgan fingerprint density at radius 3 is 2.62 bits per heavy atom. The van der Waals surface area contributed by atoms with Gasteiger partial charge in [-0.3, -0.25) is 10.1 Å². The molecule has 0 aliphatic carbocycles. The molecule has 2 atom stereocenters. The molecule has 1 heterocycles. The van der Waals surface area contributed by atoms with E-state index in [4.69, 9.17) is 16.3 Å². The van der Waals surface area contributed by atoms with Crippen LogP contribution in [-0.2, 0) is 9.53 Å². The highest BCUT2D eigenvalue weighted by Gasteiger charge is 2.54. The second kappa shape index (κ2) is 6.49. The molecule has 6 nitrogen and oxygen atoms in total. The number of non-ortho nitro benzene ring substituents is 1. The molecule has 2 aromatic rings. The number of nitrogens with zero attached hydrogens (tertiary/aromatic N) is 2. The lowest BCUT2D eigenvalue weighted by Crippen LogP contribution is -2.15. The van der Waals surface area contributed by atoms with Gasteiger partial charge in [-0.2, -0.15) is 0 Å². The van der Waals surface area contributed by atoms with Crippen molar-refractivity contribution in [1.29, 1.82) is 0 Å². The van der Waals surface area contributed by atoms with Crippen LogP contribution in [0.2, 0.25) is 5.02 Å². The number of hydrogen-bond donors (Lipinski definition) is 0. The summed E-state index contributed by atoms with van der Waals surface area (Å²) in [5.74, 6) is -0.344. The number of hydrogen-bond acceptors (Lipinski definition) is 5. The quantitative estimate of drug-likeness (QED) is 0.357. The number of nitro groups is 1. The number of benzene rings is 2. The number of ether oxygens (including phenoxy) is 1. The summed E-state index contributed by atoms with van der Waals surface area (Å²) in [4.78, 5) is 24.6. The molecule has 0 aromatic heterocycles. The molecule has 0 N–H and O–H groups in total. The molecule has 0 radical (unpaired) electrons. The van der Waals surface area contributed by atoms with Crippen molar-refractivity contribution < 1.29 is 14.5 Å². The molecule has 1 fully saturated rings. The third-order valence-corrected chi connectivity index (χ3v) is 4.14. The van der Waals surface area contributed by atoms with Crippen molar-refractivity contribution in [2.45, 2.75) is 19.0 Å². The maximum absolute atomic E-state index is 12.2. The Kier molecular flexibility index (Phi) is 4.40. The van der Waals surface area contributed by atoms with Crippen LogP contribution < -0.4 is 4.90 Å². The highest BCUT2D eigenvalue weighted by molar-refractivity contribution is 6.30. The summed E-state index contributed by atoms with van der Waals surface area (Å²) in [6, 6.07) is 12.6. The molecule has 3 rings (SSSR count). The van der Waals surface area contributed by atoms with Gasteiger partial charge in [0.1, 0.15) is 0 Å². The molecule has 0 bridgehead atoms. The van der Waals surface area contributed by atoms with Crippen molar-refractivity contribution in [3.05, 3.63) is 69.2 Å². The maximum atomic E-state index is 12.2. The topological polar surface area (TPSA) is 72.5 Å². The second-order valence-electron chi connectivity index (χ2n) is 5.38. The molecular weight excluding hydrogens is 332 g/mol. The Balaban J connectivity index is 1.94. The van der Waals surface area contributed by atoms with E-state index in [1.807, 2.05) is 17.0 Å². The van der Waals surface area contributed by atoms with Crippen LogP contribution in [0.4, 0.5) is 11.4 Å². The number of nitro benzene ring substituents is 1. The molecule has 7 heteroatoms. The zero-order valence-corrected chi connectivity index (χ0v) is 13.6. The number of carbonyl (C=O) groups is 1. The highest BCUT2D eigenvalue weighted by Crippen LogP contribution is 2.48. The minimum Gasteiger partial charge on any atom is -0.464 e. The summed E-state index contributed by atoms with van der Waals surface area (Å²) in [6.45, 7) is 2.03. The lowest BCUT2D eigenvalue weighted by Gasteiger charge is -2.06. The SMILES string of the molecule is CCOC(=O)[C@H]1[C@@H](c2cccc([N+](=O)[O-])c2)N1c1ccc(Cl)cc1. The number of anilines is 1. The predicted molar refractivity (Wildman–Crippen MR) is 90.2 cm³/mol. The van der Waals surface area contributed by atoms with Gasteiger partial charge in [-0.1, -0.05) is 23.7 Å². The first-order valence-electron chi connectivity index (χ1n) is 7.48. The Hall–Kier alpha value is -2.60. The molecule has 1 saturated heterocycles. The minimum absolute atomic E-state index is 0.00179. The van der Waals surface area contributed by atoms with E-state index in [-0.39, 0.29) is 24.3 Å². The fourth-order valence-electron chi connectivity index (χ4n) is 2.80. The standard InChI is InChI=1S/C17H15ClN2O4/c1-2-24-17(21)16-15(11-4-3-5-14(10-11)20(22)23)19(16)13-8-6-12(18)7-9-13/h3-10,15-16H,2H2,1H3/t15-,16-,19?/m1/s1. The van der Waals surface area contributed by atoms with E-state index in [9.17, 15) is 14.9 Å². The second-order valence-corrected chi connectivity index (χ2v) is 5.81. The molecule has 1 aliphatic heterocycles. The lowest BCUT2D eigenvalue weighted by molar-refractivity contribution is -0.384. The van der Waals surface area contributed by atoms with Gasteiger partial charge in [0.15, 0.2) is 6.04 Å². The van der Waals surface area contributed by atoms with E-state index in [1.165, 1.54) is 12.1 Å². The molecule has 0 unspecified atom stereocenters. The predicted octanol–water partition coefficient (Wildman–Crippen LogP) is 3.74. The van der Waals surface area contributed by atoms with E-state index in [2.05, 4.69) is 0 Å². The normalized spacial score (nSPS) is 19.0. The van der Waals surface area contributed by atoms with Crippen LogP contribution in [-0.4, -0.2) is 23.5 Å². The van der Waals surface area contributed by atoms with Gasteiger partial charge in [0, 0.05) is 22.8 Å². The molecule has 2 aromatic carbocycles. The monoisotopic (exact) mass is 346 g/mol. The van der Waals surface area contributed by atoms with Crippen LogP contribution in [0.15, 0.2) is 48.5 Å². The Morgan fingerprint density at radius 1 is 1.29 bits per heavy atom. The van der Waals surface area contributed by atoms with Crippen molar-refractivity contribution in [3.8, 4) is 0 Å². The molecular formula is C17H15ClN2O4. The van der Waals surface area contributed by atoms with E-state index in [0.29, 0.717) is 10.6 Å². The smallest absolute Gasteiger partial charge is 0.331 e. The fourth-order valence-corrected chi connectivity index (χ4v) is 2.93. The van der Waals surface area contributed by atoms with E-state index in [1.54, 1.807) is 31.2 Å². The van der Waals surface area contributed by atoms with Crippen molar-refractivity contribution in [3.63, 3.8) is 0 Å². The van der Waals surface area contributed by atoms with E-state index >= 15 is 0 Å². The van der Waals surface area contributed by atoms with Crippen LogP contribution in [0.3, 0.4) is 0 Å². The molecule has 124 valence electrons. The van der Waals surface area contributed by atoms with Crippen molar-refractivity contribution in [2.75, 3.05) is 11.5 Å². The third kappa shape index (κ3) is 3.05. The largest absolute Gasteiger partial charge is 0.464 e. The zero-order chi connectivity index (χ0) is 17.3. The molecule has 0 saturated carbocycles. The summed E-state index contributed by atoms with van der Waals surface area (Å²) in [5, 5.41) is 11.6. The first kappa shape index (κ1) is 16.3. The average molecular weight is 347 g/mol. The number of esters is 1. The average Bonchev–Trinajstić information content (AvgIpc) is 3.31. The van der Waals surface area contributed by atoms with Gasteiger partial charge >= 0.3 is 5.97 Å². The van der Waals surface area contributed by atoms with Gasteiger partial charge in [0.25, 0.3) is 5.69 Å². The number of carbonyl (C=O) groups excluding carboxylic acids is 1. The Morgan fingerprint density at radius 2 is 2.00 bits per heavy atom. The fraction of sp³-hybridized carbons (Fsp3) is 0.235. The van der Waals surface area contributed by atoms with E-state index < -0.39 is 11.0 Å². The Bertz CT molecular complexity index is 778. The van der Waals surface area contributed by atoms with Gasteiger partial charge in [0.05, 0.1) is 17.6 Å². The summed E-state index contributed by atoms with van der Waals surface area (Å²) in [7, 11) is 0. The summed E-state index contributed by atoms with van der Waals surface area (Å²) in [5.41, 5.74) is 1.52. The van der Waals surface area contributed by atoms with Crippen LogP contribution in [0, 0.1) is 10.1 Å². The van der Waals surface area contributed by atoms with Crippen LogP contribution in [0.25, 0.3) is 0 Å². The first-order valence-corrected chi connectivity index (χ1v) is 7.85. The minimum atomic E-state index is -0.492. The molecule has 24 heavy (non-hydrogen) atoms. The van der Waals surface area contributed by atoms with E-state index in [0.717, 1.165) is 5.69 Å². The third-order valence-electron chi connectivity index (χ3n) is 3.88. The molecule has 0 spiro atoms. The maximum Gasteiger partial charge on any atom is 0.331 e. The van der Waals surface area contributed by atoms with Crippen molar-refractivity contribution in [1.82, 2.24) is 0 Å². The number of rotatable bonds is 5. The highest BCUT2D eigenvalue weighted by atomic mass is 35.5. The summed E-state index contributed by atoms with van der Waals surface area (Å²) >= 11 is 5.91. The lowest BCUT2D eigenvalue weighted by atomic mass is 10.1. The zero-order valence-electron chi connectivity index (χ0n) is 12.9. The Labute approximate surface area is 143 Å². The summed E-state index contributed by atoms with van der Waals surface area (Å²) in [6.07, 6.45) is 0. The molecule has 0 amide bonds. The van der Waals surface area contributed by atoms with Crippen molar-refractivity contribution in [2.24, 2.45) is 0 Å². The van der Waals surface area contributed by atoms with Crippen molar-refractivity contribution >= 4 is 28.9 Å². The first-order chi connectivity index (χ1) is 11.5. The van der Waals surface area contributed by atoms with Gasteiger partial charge in [-0.15, -0.1) is 0 Å². The van der Waals surface area contributed by atoms with Gasteiger partial charge in [0.2, 0.25) is 0 Å². The number of halogens is 1. The summed E-state index contributed by atoms with van der Waals surface area (Å²) < 4.78 is 5.13. The van der Waals surface area contributed by atoms with Gasteiger partial charge in [-0.05, 0) is 36.8 Å². The van der Waals surface area contributed by atoms with Crippen LogP contribution >= 0.6 is 11.6 Å². The van der Waals surface area contributed by atoms with Gasteiger partial charge in [-0.25, -0.2) is 4.79 Å².